The molecule has 2 aliphatic rings. The third-order valence-electron chi connectivity index (χ3n) is 7.08. The molecule has 1 saturated heterocycles. The number of amides is 3. The number of aliphatic hydroxyl groups is 1. The van der Waals surface area contributed by atoms with Crippen molar-refractivity contribution in [2.75, 3.05) is 71.9 Å². The smallest absolute Gasteiger partial charge is 0.243 e. The van der Waals surface area contributed by atoms with E-state index in [2.05, 4.69) is 33.3 Å². The summed E-state index contributed by atoms with van der Waals surface area (Å²) in [4.78, 5) is 61.4. The van der Waals surface area contributed by atoms with Gasteiger partial charge in [0.25, 0.3) is 0 Å². The van der Waals surface area contributed by atoms with Gasteiger partial charge in [-0.3, -0.25) is 29.0 Å². The minimum Gasteiger partial charge on any atom is -0.394 e. The van der Waals surface area contributed by atoms with Gasteiger partial charge < -0.3 is 20.1 Å². The Morgan fingerprint density at radius 1 is 1.07 bits per heavy atom. The van der Waals surface area contributed by atoms with E-state index in [0.29, 0.717) is 39.3 Å². The second-order valence-electron chi connectivity index (χ2n) is 10.5. The van der Waals surface area contributed by atoms with Crippen molar-refractivity contribution in [3.05, 3.63) is 54.1 Å². The highest BCUT2D eigenvalue weighted by atomic mass is 32.2. The van der Waals surface area contributed by atoms with Crippen LogP contribution in [0.25, 0.3) is 0 Å². The van der Waals surface area contributed by atoms with Crippen molar-refractivity contribution >= 4 is 58.6 Å². The van der Waals surface area contributed by atoms with Crippen molar-refractivity contribution in [1.29, 1.82) is 0 Å². The van der Waals surface area contributed by atoms with E-state index in [1.165, 1.54) is 6.92 Å². The third-order valence-corrected chi connectivity index (χ3v) is 9.57. The number of benzene rings is 2. The number of carbonyl (C=O) groups is 4. The van der Waals surface area contributed by atoms with Gasteiger partial charge in [-0.15, -0.1) is 11.8 Å². The Kier molecular flexibility index (Phi) is 12.8. The first-order chi connectivity index (χ1) is 21.3. The maximum absolute atomic E-state index is 12.7. The van der Waals surface area contributed by atoms with Gasteiger partial charge in [0.1, 0.15) is 18.2 Å². The zero-order valence-electron chi connectivity index (χ0n) is 25.1. The number of Topliss-reactive ketones (excluding diaryl/α,β-unsaturated/α-hetero) is 1. The lowest BCUT2D eigenvalue weighted by molar-refractivity contribution is -0.142. The van der Waals surface area contributed by atoms with Gasteiger partial charge in [-0.25, -0.2) is 4.99 Å². The number of hydrogen-bond acceptors (Lipinski definition) is 11. The first kappa shape index (κ1) is 33.7. The third kappa shape index (κ3) is 9.38. The number of hydrogen-bond donors (Lipinski definition) is 2. The number of thioether (sulfide) groups is 1. The number of amidine groups is 1. The van der Waals surface area contributed by atoms with Crippen molar-refractivity contribution < 1.29 is 29.0 Å². The lowest BCUT2D eigenvalue weighted by Gasteiger charge is -2.27. The Labute approximate surface area is 266 Å². The van der Waals surface area contributed by atoms with Crippen molar-refractivity contribution in [2.24, 2.45) is 4.99 Å². The van der Waals surface area contributed by atoms with E-state index in [1.807, 2.05) is 37.4 Å². The van der Waals surface area contributed by atoms with Crippen LogP contribution in [0.1, 0.15) is 18.9 Å². The quantitative estimate of drug-likeness (QED) is 0.207. The fourth-order valence-electron chi connectivity index (χ4n) is 4.77. The first-order valence-corrected chi connectivity index (χ1v) is 16.4. The number of aliphatic hydroxyl groups excluding tert-OH is 1. The van der Waals surface area contributed by atoms with E-state index in [4.69, 9.17) is 14.8 Å². The number of para-hydroxylation sites is 1. The number of likely N-dealkylation sites (N-methyl/N-ethyl adjacent to an activating group) is 1. The fourth-order valence-corrected chi connectivity index (χ4v) is 6.76. The van der Waals surface area contributed by atoms with Crippen LogP contribution >= 0.6 is 23.5 Å². The number of nitrogens with zero attached hydrogens (tertiary/aromatic N) is 4. The van der Waals surface area contributed by atoms with Crippen LogP contribution < -0.4 is 5.32 Å². The van der Waals surface area contributed by atoms with Crippen LogP contribution in [0.15, 0.2) is 63.3 Å². The topological polar surface area (TPSA) is 132 Å². The highest BCUT2D eigenvalue weighted by Crippen LogP contribution is 2.40. The van der Waals surface area contributed by atoms with Crippen LogP contribution in [-0.2, 0) is 23.9 Å². The largest absolute Gasteiger partial charge is 0.394 e. The number of nitrogens with one attached hydrogen (secondary N) is 1. The summed E-state index contributed by atoms with van der Waals surface area (Å²) in [6.07, 6.45) is -0.000760. The maximum atomic E-state index is 12.7. The molecule has 4 rings (SSSR count). The number of aliphatic imine (C=N–C) groups is 1. The van der Waals surface area contributed by atoms with Crippen LogP contribution in [0.5, 0.6) is 0 Å². The molecule has 44 heavy (non-hydrogen) atoms. The minimum atomic E-state index is -0.622. The zero-order chi connectivity index (χ0) is 31.5. The number of imide groups is 1. The predicted molar refractivity (Wildman–Crippen MR) is 171 cm³/mol. The molecular weight excluding hydrogens is 603 g/mol. The van der Waals surface area contributed by atoms with Crippen molar-refractivity contribution in [2.45, 2.75) is 28.4 Å². The Morgan fingerprint density at radius 2 is 1.82 bits per heavy atom. The number of likely N-dealkylation sites (tertiary alicyclic amines) is 1. The van der Waals surface area contributed by atoms with E-state index in [-0.39, 0.29) is 37.7 Å². The zero-order valence-corrected chi connectivity index (χ0v) is 26.7. The molecule has 2 heterocycles. The highest BCUT2D eigenvalue weighted by Gasteiger charge is 2.39. The molecular formula is C31H39N5O6S2. The van der Waals surface area contributed by atoms with Gasteiger partial charge in [0.2, 0.25) is 17.7 Å². The number of fused-ring (bicyclic) bond motifs is 2. The van der Waals surface area contributed by atoms with Gasteiger partial charge in [0.05, 0.1) is 36.5 Å². The van der Waals surface area contributed by atoms with Gasteiger partial charge in [0, 0.05) is 61.5 Å². The Bertz CT molecular complexity index is 1370. The number of rotatable bonds is 16. The van der Waals surface area contributed by atoms with E-state index in [1.54, 1.807) is 11.8 Å². The molecule has 2 aliphatic heterocycles. The molecule has 0 saturated carbocycles. The van der Waals surface area contributed by atoms with E-state index >= 15 is 0 Å². The molecule has 2 aromatic carbocycles. The van der Waals surface area contributed by atoms with Gasteiger partial charge in [-0.2, -0.15) is 0 Å². The van der Waals surface area contributed by atoms with Crippen LogP contribution in [0.2, 0.25) is 0 Å². The fraction of sp³-hybridized carbons (Fsp3) is 0.452. The van der Waals surface area contributed by atoms with Gasteiger partial charge in [0.15, 0.2) is 0 Å². The summed E-state index contributed by atoms with van der Waals surface area (Å²) >= 11 is 2.84. The Morgan fingerprint density at radius 3 is 2.59 bits per heavy atom. The molecule has 1 atom stereocenters. The molecule has 2 aromatic rings. The summed E-state index contributed by atoms with van der Waals surface area (Å²) in [7, 11) is 2.02. The molecule has 3 amide bonds. The highest BCUT2D eigenvalue weighted by molar-refractivity contribution is 8.01. The minimum absolute atomic E-state index is 0.000760. The van der Waals surface area contributed by atoms with Crippen molar-refractivity contribution in [3.63, 3.8) is 0 Å². The summed E-state index contributed by atoms with van der Waals surface area (Å²) in [5, 5.41) is 11.3. The van der Waals surface area contributed by atoms with E-state index in [9.17, 15) is 19.2 Å². The second kappa shape index (κ2) is 16.7. The molecule has 13 heteroatoms. The Balaban J connectivity index is 1.33. The SMILES string of the molecule is CC(=O)CSC1CC(=O)N(CC(=O)NCCN(CCOCCO)CCN(C)C2=Nc3ccccc3Sc3ccccc32)C1=O. The number of ether oxygens (including phenoxy) is 1. The van der Waals surface area contributed by atoms with Gasteiger partial charge in [-0.05, 0) is 25.1 Å². The molecule has 0 radical (unpaired) electrons. The molecule has 11 nitrogen and oxygen atoms in total. The molecule has 0 spiro atoms. The van der Waals surface area contributed by atoms with Crippen LogP contribution in [0.4, 0.5) is 5.69 Å². The number of ketones is 1. The van der Waals surface area contributed by atoms with Crippen molar-refractivity contribution in [1.82, 2.24) is 20.0 Å². The second-order valence-corrected chi connectivity index (χ2v) is 12.7. The van der Waals surface area contributed by atoms with Crippen LogP contribution in [0.3, 0.4) is 0 Å². The van der Waals surface area contributed by atoms with Gasteiger partial charge in [-0.1, -0.05) is 42.1 Å². The maximum Gasteiger partial charge on any atom is 0.243 e. The average molecular weight is 642 g/mol. The normalized spacial score (nSPS) is 16.0. The lowest BCUT2D eigenvalue weighted by atomic mass is 10.2. The molecule has 2 N–H and O–H groups in total. The monoisotopic (exact) mass is 641 g/mol. The summed E-state index contributed by atoms with van der Waals surface area (Å²) < 4.78 is 5.50. The molecule has 1 fully saturated rings. The summed E-state index contributed by atoms with van der Waals surface area (Å²) in [6.45, 7) is 4.44. The van der Waals surface area contributed by atoms with E-state index in [0.717, 1.165) is 43.5 Å². The molecule has 236 valence electrons. The van der Waals surface area contributed by atoms with Crippen LogP contribution in [0, 0.1) is 0 Å². The molecule has 0 aliphatic carbocycles. The van der Waals surface area contributed by atoms with Gasteiger partial charge >= 0.3 is 0 Å². The molecule has 0 aromatic heterocycles. The summed E-state index contributed by atoms with van der Waals surface area (Å²) in [5.41, 5.74) is 1.99. The number of carbonyl (C=O) groups excluding carboxylic acids is 4. The summed E-state index contributed by atoms with van der Waals surface area (Å²) in [5.74, 6) is -0.281. The lowest BCUT2D eigenvalue weighted by Crippen LogP contribution is -2.44. The standard InChI is InChI=1S/C31H39N5O6S2/c1-22(38)21-43-27-19-29(40)36(31(27)41)20-28(39)32-11-12-35(15-17-42-18-16-37)14-13-34(2)30-23-7-3-5-9-25(23)44-26-10-6-4-8-24(26)33-30/h3-10,27,37H,11-21H2,1-2H3,(H,32,39). The van der Waals surface area contributed by atoms with Crippen molar-refractivity contribution in [3.8, 4) is 0 Å². The van der Waals surface area contributed by atoms with Crippen LogP contribution in [-0.4, -0.2) is 126 Å². The first-order valence-electron chi connectivity index (χ1n) is 14.6. The van der Waals surface area contributed by atoms with E-state index < -0.39 is 23.0 Å². The molecule has 0 bridgehead atoms. The summed E-state index contributed by atoms with van der Waals surface area (Å²) in [6, 6.07) is 16.3. The predicted octanol–water partition coefficient (Wildman–Crippen LogP) is 2.04. The molecule has 1 unspecified atom stereocenters. The average Bonchev–Trinajstić information content (AvgIpc) is 3.17. The Hall–Kier alpha value is -3.23.